The number of nitrogens with zero attached hydrogens (tertiary/aromatic N) is 2. The van der Waals surface area contributed by atoms with Crippen LogP contribution in [0.1, 0.15) is 50.5 Å². The van der Waals surface area contributed by atoms with Crippen molar-refractivity contribution in [1.29, 1.82) is 0 Å². The molecule has 0 radical (unpaired) electrons. The number of likely N-dealkylation sites (tertiary alicyclic amines) is 1. The summed E-state index contributed by atoms with van der Waals surface area (Å²) in [5.41, 5.74) is 1.25. The quantitative estimate of drug-likeness (QED) is 0.510. The normalized spacial score (nSPS) is 20.3. The fourth-order valence-electron chi connectivity index (χ4n) is 4.77. The minimum atomic E-state index is -0.465. The van der Waals surface area contributed by atoms with Gasteiger partial charge in [-0.05, 0) is 50.4 Å². The summed E-state index contributed by atoms with van der Waals surface area (Å²) in [4.78, 5) is 4.79. The molecule has 0 amide bonds. The number of hydrogen-bond acceptors (Lipinski definition) is 6. The SMILES string of the molecule is COCCOC1CCN(Cc2cccc(OCC(O)CN(C)C3CCCCC3)c2)CC1. The van der Waals surface area contributed by atoms with Crippen LogP contribution in [0, 0.1) is 0 Å². The molecule has 1 heterocycles. The number of rotatable bonds is 12. The zero-order chi connectivity index (χ0) is 21.9. The number of aliphatic hydroxyl groups excluding tert-OH is 1. The van der Waals surface area contributed by atoms with Gasteiger partial charge in [0.2, 0.25) is 0 Å². The molecule has 176 valence electrons. The predicted molar refractivity (Wildman–Crippen MR) is 124 cm³/mol. The lowest BCUT2D eigenvalue weighted by Crippen LogP contribution is -2.40. The average molecular weight is 435 g/mol. The monoisotopic (exact) mass is 434 g/mol. The van der Waals surface area contributed by atoms with E-state index in [0.717, 1.165) is 38.2 Å². The van der Waals surface area contributed by atoms with Crippen molar-refractivity contribution in [2.45, 2.75) is 69.7 Å². The molecular weight excluding hydrogens is 392 g/mol. The fraction of sp³-hybridized carbons (Fsp3) is 0.760. The molecule has 1 aliphatic carbocycles. The van der Waals surface area contributed by atoms with Crippen molar-refractivity contribution in [1.82, 2.24) is 9.80 Å². The van der Waals surface area contributed by atoms with E-state index in [1.54, 1.807) is 7.11 Å². The first kappa shape index (κ1) is 24.5. The van der Waals surface area contributed by atoms with Crippen LogP contribution in [0.4, 0.5) is 0 Å². The number of methoxy groups -OCH3 is 1. The van der Waals surface area contributed by atoms with E-state index >= 15 is 0 Å². The highest BCUT2D eigenvalue weighted by Crippen LogP contribution is 2.22. The molecule has 1 aliphatic heterocycles. The highest BCUT2D eigenvalue weighted by molar-refractivity contribution is 5.28. The summed E-state index contributed by atoms with van der Waals surface area (Å²) in [6.07, 6.45) is 8.51. The van der Waals surface area contributed by atoms with Gasteiger partial charge < -0.3 is 24.2 Å². The lowest BCUT2D eigenvalue weighted by molar-refractivity contribution is -0.0158. The Kier molecular flexibility index (Phi) is 10.6. The molecule has 1 saturated carbocycles. The van der Waals surface area contributed by atoms with Crippen molar-refractivity contribution >= 4 is 0 Å². The smallest absolute Gasteiger partial charge is 0.119 e. The van der Waals surface area contributed by atoms with Crippen LogP contribution < -0.4 is 4.74 Å². The summed E-state index contributed by atoms with van der Waals surface area (Å²) in [6.45, 7) is 5.39. The standard InChI is InChI=1S/C25H42N2O4/c1-26(22-8-4-3-5-9-22)19-23(28)20-31-25-10-6-7-21(17-25)18-27-13-11-24(12-14-27)30-16-15-29-2/h6-7,10,17,22-24,28H,3-5,8-9,11-16,18-20H2,1-2H3. The molecule has 1 unspecified atom stereocenters. The Morgan fingerprint density at radius 2 is 1.87 bits per heavy atom. The van der Waals surface area contributed by atoms with Crippen molar-refractivity contribution in [3.63, 3.8) is 0 Å². The van der Waals surface area contributed by atoms with Crippen LogP contribution in [0.25, 0.3) is 0 Å². The fourth-order valence-corrected chi connectivity index (χ4v) is 4.77. The van der Waals surface area contributed by atoms with Gasteiger partial charge in [0.25, 0.3) is 0 Å². The highest BCUT2D eigenvalue weighted by atomic mass is 16.5. The van der Waals surface area contributed by atoms with Crippen molar-refractivity contribution in [2.24, 2.45) is 0 Å². The third kappa shape index (κ3) is 8.70. The number of aliphatic hydroxyl groups is 1. The number of benzene rings is 1. The molecule has 1 saturated heterocycles. The van der Waals surface area contributed by atoms with Crippen LogP contribution in [0.5, 0.6) is 5.75 Å². The summed E-state index contributed by atoms with van der Waals surface area (Å²) < 4.78 is 16.9. The second-order valence-electron chi connectivity index (χ2n) is 9.18. The van der Waals surface area contributed by atoms with Crippen LogP contribution in [0.15, 0.2) is 24.3 Å². The first-order chi connectivity index (χ1) is 15.1. The van der Waals surface area contributed by atoms with Gasteiger partial charge in [0.05, 0.1) is 19.3 Å². The van der Waals surface area contributed by atoms with Crippen LogP contribution in [0.3, 0.4) is 0 Å². The number of ether oxygens (including phenoxy) is 3. The zero-order valence-corrected chi connectivity index (χ0v) is 19.5. The van der Waals surface area contributed by atoms with Gasteiger partial charge in [-0.3, -0.25) is 4.90 Å². The molecule has 1 aromatic carbocycles. The molecule has 0 aromatic heterocycles. The minimum absolute atomic E-state index is 0.338. The first-order valence-corrected chi connectivity index (χ1v) is 12.1. The molecule has 31 heavy (non-hydrogen) atoms. The Morgan fingerprint density at radius 1 is 1.10 bits per heavy atom. The lowest BCUT2D eigenvalue weighted by atomic mass is 9.94. The Balaban J connectivity index is 1.37. The van der Waals surface area contributed by atoms with E-state index < -0.39 is 6.10 Å². The van der Waals surface area contributed by atoms with E-state index in [9.17, 15) is 5.11 Å². The van der Waals surface area contributed by atoms with Crippen molar-refractivity contribution in [2.75, 3.05) is 53.6 Å². The summed E-state index contributed by atoms with van der Waals surface area (Å²) in [5.74, 6) is 0.842. The van der Waals surface area contributed by atoms with Gasteiger partial charge >= 0.3 is 0 Å². The van der Waals surface area contributed by atoms with E-state index in [1.807, 2.05) is 12.1 Å². The molecule has 2 fully saturated rings. The summed E-state index contributed by atoms with van der Waals surface area (Å²) in [6, 6.07) is 8.91. The van der Waals surface area contributed by atoms with Gasteiger partial charge in [-0.15, -0.1) is 0 Å². The second kappa shape index (κ2) is 13.4. The van der Waals surface area contributed by atoms with Crippen LogP contribution in [-0.4, -0.2) is 86.8 Å². The largest absolute Gasteiger partial charge is 0.491 e. The maximum Gasteiger partial charge on any atom is 0.119 e. The molecule has 1 aromatic rings. The van der Waals surface area contributed by atoms with Gasteiger partial charge in [-0.1, -0.05) is 31.4 Å². The van der Waals surface area contributed by atoms with Crippen molar-refractivity contribution < 1.29 is 19.3 Å². The second-order valence-corrected chi connectivity index (χ2v) is 9.18. The topological polar surface area (TPSA) is 54.4 Å². The molecule has 6 heteroatoms. The predicted octanol–water partition coefficient (Wildman–Crippen LogP) is 3.32. The van der Waals surface area contributed by atoms with Crippen LogP contribution in [-0.2, 0) is 16.0 Å². The Labute approximate surface area is 188 Å². The van der Waals surface area contributed by atoms with Crippen LogP contribution >= 0.6 is 0 Å². The Bertz CT molecular complexity index is 615. The molecule has 0 spiro atoms. The molecule has 0 bridgehead atoms. The van der Waals surface area contributed by atoms with Gasteiger partial charge in [0.15, 0.2) is 0 Å². The van der Waals surface area contributed by atoms with E-state index in [-0.39, 0.29) is 0 Å². The maximum absolute atomic E-state index is 10.4. The molecule has 6 nitrogen and oxygen atoms in total. The highest BCUT2D eigenvalue weighted by Gasteiger charge is 2.21. The van der Waals surface area contributed by atoms with Gasteiger partial charge in [0.1, 0.15) is 18.5 Å². The van der Waals surface area contributed by atoms with Crippen molar-refractivity contribution in [3.8, 4) is 5.75 Å². The van der Waals surface area contributed by atoms with Gasteiger partial charge in [-0.25, -0.2) is 0 Å². The van der Waals surface area contributed by atoms with E-state index in [2.05, 4.69) is 29.0 Å². The summed E-state index contributed by atoms with van der Waals surface area (Å²) >= 11 is 0. The van der Waals surface area contributed by atoms with Gasteiger partial charge in [0, 0.05) is 39.3 Å². The number of likely N-dealkylation sites (N-methyl/N-ethyl adjacent to an activating group) is 1. The third-order valence-electron chi connectivity index (χ3n) is 6.62. The number of piperidine rings is 1. The third-order valence-corrected chi connectivity index (χ3v) is 6.62. The van der Waals surface area contributed by atoms with E-state index in [0.29, 0.717) is 38.5 Å². The first-order valence-electron chi connectivity index (χ1n) is 12.1. The molecule has 3 rings (SSSR count). The molecule has 2 aliphatic rings. The average Bonchev–Trinajstić information content (AvgIpc) is 2.80. The van der Waals surface area contributed by atoms with E-state index in [4.69, 9.17) is 14.2 Å². The molecule has 1 N–H and O–H groups in total. The van der Waals surface area contributed by atoms with E-state index in [1.165, 1.54) is 37.7 Å². The van der Waals surface area contributed by atoms with Gasteiger partial charge in [-0.2, -0.15) is 0 Å². The lowest BCUT2D eigenvalue weighted by Gasteiger charge is -2.32. The molecule has 1 atom stereocenters. The molecular formula is C25H42N2O4. The zero-order valence-electron chi connectivity index (χ0n) is 19.5. The summed E-state index contributed by atoms with van der Waals surface area (Å²) in [7, 11) is 3.84. The Hall–Kier alpha value is -1.18. The Morgan fingerprint density at radius 3 is 2.61 bits per heavy atom. The summed E-state index contributed by atoms with van der Waals surface area (Å²) in [5, 5.41) is 10.4. The van der Waals surface area contributed by atoms with Crippen LogP contribution in [0.2, 0.25) is 0 Å². The minimum Gasteiger partial charge on any atom is -0.491 e. The number of hydrogen-bond donors (Lipinski definition) is 1. The maximum atomic E-state index is 10.4. The van der Waals surface area contributed by atoms with Crippen molar-refractivity contribution in [3.05, 3.63) is 29.8 Å².